The maximum Gasteiger partial charge on any atom is 0.264 e. The third-order valence-electron chi connectivity index (χ3n) is 5.86. The monoisotopic (exact) mass is 539 g/mol. The molecule has 0 aliphatic carbocycles. The molecule has 7 nitrogen and oxygen atoms in total. The molecule has 0 fully saturated rings. The van der Waals surface area contributed by atoms with E-state index < -0.39 is 39.9 Å². The van der Waals surface area contributed by atoms with Gasteiger partial charge in [0.05, 0.1) is 10.6 Å². The van der Waals surface area contributed by atoms with Crippen molar-refractivity contribution in [3.05, 3.63) is 95.8 Å². The van der Waals surface area contributed by atoms with Crippen LogP contribution in [-0.4, -0.2) is 43.3 Å². The molecule has 202 valence electrons. The van der Waals surface area contributed by atoms with Crippen LogP contribution in [0.2, 0.25) is 0 Å². The van der Waals surface area contributed by atoms with Crippen LogP contribution in [0.15, 0.2) is 83.8 Å². The number of carbonyl (C=O) groups is 2. The maximum absolute atomic E-state index is 13.8. The SMILES string of the molecule is Cc1ccc(CN(C(=O)CN(c2ccc(F)cc2)S(=O)(=O)c2ccccc2)C(C)C(=O)NC(C)(C)C)cc1. The van der Waals surface area contributed by atoms with E-state index in [0.717, 1.165) is 27.6 Å². The minimum absolute atomic E-state index is 0.0132. The number of hydrogen-bond acceptors (Lipinski definition) is 4. The summed E-state index contributed by atoms with van der Waals surface area (Å²) in [6.07, 6.45) is 0. The zero-order chi connectivity index (χ0) is 28.1. The molecule has 0 saturated heterocycles. The number of sulfonamides is 1. The molecule has 3 aromatic carbocycles. The molecule has 0 aliphatic rings. The molecular formula is C29H34FN3O4S. The van der Waals surface area contributed by atoms with Crippen LogP contribution < -0.4 is 9.62 Å². The first kappa shape index (κ1) is 28.8. The maximum atomic E-state index is 13.8. The number of benzene rings is 3. The number of nitrogens with one attached hydrogen (secondary N) is 1. The summed E-state index contributed by atoms with van der Waals surface area (Å²) in [5.41, 5.74) is 1.44. The Morgan fingerprint density at radius 1 is 0.921 bits per heavy atom. The van der Waals surface area contributed by atoms with E-state index in [2.05, 4.69) is 5.32 Å². The van der Waals surface area contributed by atoms with Crippen LogP contribution in [0.5, 0.6) is 0 Å². The lowest BCUT2D eigenvalue weighted by Gasteiger charge is -2.33. The Labute approximate surface area is 224 Å². The summed E-state index contributed by atoms with van der Waals surface area (Å²) in [5.74, 6) is -1.48. The summed E-state index contributed by atoms with van der Waals surface area (Å²) in [4.78, 5) is 28.3. The molecule has 1 N–H and O–H groups in total. The summed E-state index contributed by atoms with van der Waals surface area (Å²) >= 11 is 0. The van der Waals surface area contributed by atoms with Gasteiger partial charge in [0.25, 0.3) is 10.0 Å². The lowest BCUT2D eigenvalue weighted by molar-refractivity contribution is -0.140. The standard InChI is InChI=1S/C29H34FN3O4S/c1-21-11-13-23(14-12-21)19-32(22(2)28(35)31-29(3,4)5)27(34)20-33(25-17-15-24(30)16-18-25)38(36,37)26-9-7-6-8-10-26/h6-18,22H,19-20H2,1-5H3,(H,31,35). The van der Waals surface area contributed by atoms with E-state index >= 15 is 0 Å². The Hall–Kier alpha value is -3.72. The van der Waals surface area contributed by atoms with Gasteiger partial charge in [0.2, 0.25) is 11.8 Å². The number of carbonyl (C=O) groups excluding carboxylic acids is 2. The molecule has 0 radical (unpaired) electrons. The molecule has 0 aliphatic heterocycles. The molecule has 0 bridgehead atoms. The lowest BCUT2D eigenvalue weighted by Crippen LogP contribution is -2.54. The van der Waals surface area contributed by atoms with Crippen LogP contribution in [0.1, 0.15) is 38.8 Å². The third kappa shape index (κ3) is 7.41. The van der Waals surface area contributed by atoms with Gasteiger partial charge in [0.15, 0.2) is 0 Å². The van der Waals surface area contributed by atoms with Crippen molar-refractivity contribution in [2.75, 3.05) is 10.8 Å². The first-order chi connectivity index (χ1) is 17.8. The average Bonchev–Trinajstić information content (AvgIpc) is 2.86. The van der Waals surface area contributed by atoms with Crippen LogP contribution in [0.4, 0.5) is 10.1 Å². The number of rotatable bonds is 9. The Morgan fingerprint density at radius 2 is 1.50 bits per heavy atom. The molecule has 38 heavy (non-hydrogen) atoms. The number of nitrogens with zero attached hydrogens (tertiary/aromatic N) is 2. The van der Waals surface area contributed by atoms with Crippen molar-refractivity contribution in [3.8, 4) is 0 Å². The fraction of sp³-hybridized carbons (Fsp3) is 0.310. The van der Waals surface area contributed by atoms with Crippen molar-refractivity contribution in [1.29, 1.82) is 0 Å². The minimum atomic E-state index is -4.19. The van der Waals surface area contributed by atoms with Crippen molar-refractivity contribution < 1.29 is 22.4 Å². The number of halogens is 1. The molecule has 0 heterocycles. The first-order valence-corrected chi connectivity index (χ1v) is 13.7. The molecule has 3 rings (SSSR count). The predicted molar refractivity (Wildman–Crippen MR) is 146 cm³/mol. The highest BCUT2D eigenvalue weighted by atomic mass is 32.2. The quantitative estimate of drug-likeness (QED) is 0.429. The van der Waals surface area contributed by atoms with Crippen molar-refractivity contribution in [3.63, 3.8) is 0 Å². The topological polar surface area (TPSA) is 86.8 Å². The lowest BCUT2D eigenvalue weighted by atomic mass is 10.1. The second-order valence-electron chi connectivity index (χ2n) is 10.2. The second kappa shape index (κ2) is 11.8. The van der Waals surface area contributed by atoms with Gasteiger partial charge in [-0.25, -0.2) is 12.8 Å². The van der Waals surface area contributed by atoms with Gasteiger partial charge in [-0.1, -0.05) is 48.0 Å². The van der Waals surface area contributed by atoms with Crippen LogP contribution in [0.3, 0.4) is 0 Å². The van der Waals surface area contributed by atoms with Crippen molar-refractivity contribution in [2.24, 2.45) is 0 Å². The van der Waals surface area contributed by atoms with Crippen molar-refractivity contribution >= 4 is 27.5 Å². The van der Waals surface area contributed by atoms with Gasteiger partial charge in [0, 0.05) is 12.1 Å². The van der Waals surface area contributed by atoms with Gasteiger partial charge < -0.3 is 10.2 Å². The smallest absolute Gasteiger partial charge is 0.264 e. The highest BCUT2D eigenvalue weighted by Gasteiger charge is 2.33. The van der Waals surface area contributed by atoms with Crippen molar-refractivity contribution in [2.45, 2.75) is 57.6 Å². The van der Waals surface area contributed by atoms with E-state index in [1.165, 1.54) is 29.2 Å². The highest BCUT2D eigenvalue weighted by molar-refractivity contribution is 7.92. The number of amides is 2. The largest absolute Gasteiger partial charge is 0.350 e. The fourth-order valence-electron chi connectivity index (χ4n) is 3.80. The molecule has 3 aromatic rings. The Bertz CT molecular complexity index is 1350. The predicted octanol–water partition coefficient (Wildman–Crippen LogP) is 4.66. The molecule has 2 amide bonds. The van der Waals surface area contributed by atoms with E-state index in [-0.39, 0.29) is 23.0 Å². The van der Waals surface area contributed by atoms with Gasteiger partial charge in [0.1, 0.15) is 18.4 Å². The van der Waals surface area contributed by atoms with E-state index in [1.54, 1.807) is 25.1 Å². The average molecular weight is 540 g/mol. The Kier molecular flexibility index (Phi) is 8.93. The van der Waals surface area contributed by atoms with Crippen molar-refractivity contribution in [1.82, 2.24) is 10.2 Å². The summed E-state index contributed by atoms with van der Waals surface area (Å²) < 4.78 is 41.9. The molecule has 9 heteroatoms. The van der Waals surface area contributed by atoms with E-state index in [9.17, 15) is 22.4 Å². The second-order valence-corrected chi connectivity index (χ2v) is 12.1. The fourth-order valence-corrected chi connectivity index (χ4v) is 5.24. The van der Waals surface area contributed by atoms with Gasteiger partial charge in [-0.3, -0.25) is 13.9 Å². The van der Waals surface area contributed by atoms with E-state index in [4.69, 9.17) is 0 Å². The summed E-state index contributed by atoms with van der Waals surface area (Å²) in [6.45, 7) is 8.59. The summed E-state index contributed by atoms with van der Waals surface area (Å²) in [7, 11) is -4.19. The molecule has 0 aromatic heterocycles. The minimum Gasteiger partial charge on any atom is -0.350 e. The van der Waals surface area contributed by atoms with Crippen LogP contribution in [-0.2, 0) is 26.2 Å². The summed E-state index contributed by atoms with van der Waals surface area (Å²) in [5, 5.41) is 2.89. The van der Waals surface area contributed by atoms with Gasteiger partial charge in [-0.15, -0.1) is 0 Å². The van der Waals surface area contributed by atoms with Gasteiger partial charge in [-0.05, 0) is 76.6 Å². The number of anilines is 1. The molecule has 1 atom stereocenters. The Balaban J connectivity index is 2.01. The van der Waals surface area contributed by atoms with Crippen LogP contribution >= 0.6 is 0 Å². The van der Waals surface area contributed by atoms with Crippen LogP contribution in [0, 0.1) is 12.7 Å². The zero-order valence-corrected chi connectivity index (χ0v) is 23.1. The molecule has 0 spiro atoms. The number of hydrogen-bond donors (Lipinski definition) is 1. The molecular weight excluding hydrogens is 505 g/mol. The van der Waals surface area contributed by atoms with E-state index in [1.807, 2.05) is 52.0 Å². The van der Waals surface area contributed by atoms with Gasteiger partial charge in [-0.2, -0.15) is 0 Å². The molecule has 0 saturated carbocycles. The zero-order valence-electron chi connectivity index (χ0n) is 22.3. The van der Waals surface area contributed by atoms with Gasteiger partial charge >= 0.3 is 0 Å². The first-order valence-electron chi connectivity index (χ1n) is 12.3. The number of aryl methyl sites for hydroxylation is 1. The third-order valence-corrected chi connectivity index (χ3v) is 7.65. The molecule has 1 unspecified atom stereocenters. The Morgan fingerprint density at radius 3 is 2.05 bits per heavy atom. The van der Waals surface area contributed by atoms with Crippen LogP contribution in [0.25, 0.3) is 0 Å². The normalized spacial score (nSPS) is 12.5. The van der Waals surface area contributed by atoms with E-state index in [0.29, 0.717) is 0 Å². The summed E-state index contributed by atoms with van der Waals surface area (Å²) in [6, 6.07) is 19.2. The highest BCUT2D eigenvalue weighted by Crippen LogP contribution is 2.25.